The van der Waals surface area contributed by atoms with E-state index in [4.69, 9.17) is 0 Å². The second-order valence-electron chi connectivity index (χ2n) is 7.03. The molecule has 5 heteroatoms. The normalized spacial score (nSPS) is 13.3. The van der Waals surface area contributed by atoms with Crippen LogP contribution in [0.3, 0.4) is 0 Å². The van der Waals surface area contributed by atoms with E-state index >= 15 is 0 Å². The van der Waals surface area contributed by atoms with E-state index in [1.807, 2.05) is 18.2 Å². The van der Waals surface area contributed by atoms with Gasteiger partial charge in [-0.3, -0.25) is 0 Å². The van der Waals surface area contributed by atoms with Gasteiger partial charge in [0.1, 0.15) is 0 Å². The Hall–Kier alpha value is -2.11. The van der Waals surface area contributed by atoms with Gasteiger partial charge in [0.2, 0.25) is 0 Å². The molecule has 0 saturated carbocycles. The fraction of sp³-hybridized carbons (Fsp3) is 0.421. The van der Waals surface area contributed by atoms with Gasteiger partial charge in [-0.05, 0) is 35.4 Å². The molecule has 0 saturated heterocycles. The third-order valence-corrected chi connectivity index (χ3v) is 4.85. The highest BCUT2D eigenvalue weighted by molar-refractivity contribution is 6.04. The lowest BCUT2D eigenvalue weighted by Crippen LogP contribution is -2.43. The van der Waals surface area contributed by atoms with Gasteiger partial charge in [-0.25, -0.2) is 4.79 Å². The van der Waals surface area contributed by atoms with E-state index in [1.165, 1.54) is 21.4 Å². The molecule has 1 aliphatic carbocycles. The smallest absolute Gasteiger partial charge is 0.321 e. The predicted molar refractivity (Wildman–Crippen MR) is 95.3 cm³/mol. The zero-order valence-corrected chi connectivity index (χ0v) is 14.2. The average Bonchev–Trinajstić information content (AvgIpc) is 3.02. The lowest BCUT2D eigenvalue weighted by atomic mass is 9.92. The summed E-state index contributed by atoms with van der Waals surface area (Å²) in [7, 11) is 1.67. The van der Waals surface area contributed by atoms with Crippen molar-refractivity contribution in [1.82, 2.24) is 4.90 Å². The van der Waals surface area contributed by atoms with Crippen molar-refractivity contribution in [3.63, 3.8) is 0 Å². The Morgan fingerprint density at radius 3 is 2.50 bits per heavy atom. The average molecular weight is 328 g/mol. The number of nitrogens with one attached hydrogen (secondary N) is 1. The summed E-state index contributed by atoms with van der Waals surface area (Å²) < 4.78 is 0. The molecule has 2 aromatic carbocycles. The molecule has 0 aromatic heterocycles. The van der Waals surface area contributed by atoms with Crippen molar-refractivity contribution in [2.24, 2.45) is 5.41 Å². The molecule has 128 valence electrons. The van der Waals surface area contributed by atoms with Gasteiger partial charge < -0.3 is 20.4 Å². The number of rotatable bonds is 5. The number of amides is 2. The Kier molecular flexibility index (Phi) is 4.47. The van der Waals surface area contributed by atoms with Gasteiger partial charge in [0.25, 0.3) is 0 Å². The van der Waals surface area contributed by atoms with Gasteiger partial charge >= 0.3 is 6.03 Å². The lowest BCUT2D eigenvalue weighted by molar-refractivity contribution is 0.0509. The molecule has 2 aromatic rings. The van der Waals surface area contributed by atoms with E-state index in [0.717, 1.165) is 23.9 Å². The SMILES string of the molecule is CN(CC(C)(CO)CO)C(=O)Nc1ccc2c3c(cccc13)CC2. The minimum atomic E-state index is -0.714. The number of hydrogen-bond acceptors (Lipinski definition) is 3. The maximum Gasteiger partial charge on any atom is 0.321 e. The first-order valence-electron chi connectivity index (χ1n) is 8.25. The van der Waals surface area contributed by atoms with Crippen LogP contribution >= 0.6 is 0 Å². The molecule has 2 amide bonds. The van der Waals surface area contributed by atoms with E-state index in [-0.39, 0.29) is 25.8 Å². The van der Waals surface area contributed by atoms with E-state index in [0.29, 0.717) is 0 Å². The van der Waals surface area contributed by atoms with Crippen molar-refractivity contribution in [2.45, 2.75) is 19.8 Å². The summed E-state index contributed by atoms with van der Waals surface area (Å²) in [5.41, 5.74) is 2.75. The molecule has 0 spiro atoms. The number of urea groups is 1. The molecule has 3 N–H and O–H groups in total. The number of aliphatic hydroxyl groups excluding tert-OH is 2. The Morgan fingerprint density at radius 2 is 1.83 bits per heavy atom. The highest BCUT2D eigenvalue weighted by atomic mass is 16.3. The van der Waals surface area contributed by atoms with Crippen LogP contribution in [-0.2, 0) is 12.8 Å². The fourth-order valence-corrected chi connectivity index (χ4v) is 3.36. The zero-order valence-electron chi connectivity index (χ0n) is 14.2. The molecule has 24 heavy (non-hydrogen) atoms. The van der Waals surface area contributed by atoms with E-state index in [9.17, 15) is 15.0 Å². The first-order valence-corrected chi connectivity index (χ1v) is 8.25. The number of hydrogen-bond donors (Lipinski definition) is 3. The summed E-state index contributed by atoms with van der Waals surface area (Å²) in [5, 5.41) is 24.1. The van der Waals surface area contributed by atoms with Gasteiger partial charge in [0.05, 0.1) is 18.9 Å². The molecule has 0 atom stereocenters. The largest absolute Gasteiger partial charge is 0.396 e. The van der Waals surface area contributed by atoms with Crippen molar-refractivity contribution in [1.29, 1.82) is 0 Å². The third-order valence-electron chi connectivity index (χ3n) is 4.85. The molecule has 0 fully saturated rings. The van der Waals surface area contributed by atoms with E-state index in [1.54, 1.807) is 14.0 Å². The first-order chi connectivity index (χ1) is 11.5. The third kappa shape index (κ3) is 2.97. The Labute approximate surface area is 141 Å². The number of benzene rings is 2. The number of carbonyl (C=O) groups is 1. The van der Waals surface area contributed by atoms with Crippen molar-refractivity contribution in [3.05, 3.63) is 41.5 Å². The van der Waals surface area contributed by atoms with Gasteiger partial charge in [0.15, 0.2) is 0 Å². The highest BCUT2D eigenvalue weighted by Crippen LogP contribution is 2.35. The monoisotopic (exact) mass is 328 g/mol. The number of aryl methyl sites for hydroxylation is 2. The summed E-state index contributed by atoms with van der Waals surface area (Å²) in [5.74, 6) is 0. The van der Waals surface area contributed by atoms with Crippen molar-refractivity contribution in [3.8, 4) is 0 Å². The summed E-state index contributed by atoms with van der Waals surface area (Å²) in [6.45, 7) is 1.66. The molecule has 0 aliphatic heterocycles. The zero-order chi connectivity index (χ0) is 17.3. The molecule has 5 nitrogen and oxygen atoms in total. The van der Waals surface area contributed by atoms with Crippen molar-refractivity contribution < 1.29 is 15.0 Å². The second-order valence-corrected chi connectivity index (χ2v) is 7.03. The Morgan fingerprint density at radius 1 is 1.17 bits per heavy atom. The van der Waals surface area contributed by atoms with Crippen LogP contribution in [0.1, 0.15) is 18.1 Å². The fourth-order valence-electron chi connectivity index (χ4n) is 3.36. The number of carbonyl (C=O) groups excluding carboxylic acids is 1. The minimum Gasteiger partial charge on any atom is -0.396 e. The summed E-state index contributed by atoms with van der Waals surface area (Å²) in [6, 6.07) is 10.00. The molecule has 1 aliphatic rings. The van der Waals surface area contributed by atoms with Crippen LogP contribution in [0, 0.1) is 5.41 Å². The second kappa shape index (κ2) is 6.42. The molecular formula is C19H24N2O3. The van der Waals surface area contributed by atoms with Crippen LogP contribution in [0.4, 0.5) is 10.5 Å². The molecular weight excluding hydrogens is 304 g/mol. The highest BCUT2D eigenvalue weighted by Gasteiger charge is 2.27. The first kappa shape index (κ1) is 16.7. The van der Waals surface area contributed by atoms with Crippen LogP contribution in [0.2, 0.25) is 0 Å². The molecule has 0 bridgehead atoms. The number of nitrogens with zero attached hydrogens (tertiary/aromatic N) is 1. The van der Waals surface area contributed by atoms with Gasteiger partial charge in [-0.2, -0.15) is 0 Å². The Bertz CT molecular complexity index is 758. The minimum absolute atomic E-state index is 0.178. The van der Waals surface area contributed by atoms with Gasteiger partial charge in [0, 0.05) is 24.4 Å². The van der Waals surface area contributed by atoms with Crippen molar-refractivity contribution in [2.75, 3.05) is 32.1 Å². The van der Waals surface area contributed by atoms with Crippen LogP contribution in [0.5, 0.6) is 0 Å². The molecule has 0 heterocycles. The number of aliphatic hydroxyl groups is 2. The predicted octanol–water partition coefficient (Wildman–Crippen LogP) is 2.39. The van der Waals surface area contributed by atoms with E-state index < -0.39 is 5.41 Å². The van der Waals surface area contributed by atoms with E-state index in [2.05, 4.69) is 17.4 Å². The molecule has 0 radical (unpaired) electrons. The van der Waals surface area contributed by atoms with Crippen LogP contribution < -0.4 is 5.32 Å². The topological polar surface area (TPSA) is 72.8 Å². The van der Waals surface area contributed by atoms with Gasteiger partial charge in [-0.1, -0.05) is 31.2 Å². The van der Waals surface area contributed by atoms with Crippen molar-refractivity contribution >= 4 is 22.5 Å². The van der Waals surface area contributed by atoms with Crippen LogP contribution in [0.25, 0.3) is 10.8 Å². The summed E-state index contributed by atoms with van der Waals surface area (Å²) >= 11 is 0. The van der Waals surface area contributed by atoms with Crippen LogP contribution in [-0.4, -0.2) is 48.0 Å². The van der Waals surface area contributed by atoms with Crippen LogP contribution in [0.15, 0.2) is 30.3 Å². The quantitative estimate of drug-likeness (QED) is 0.789. The maximum atomic E-state index is 12.5. The van der Waals surface area contributed by atoms with Gasteiger partial charge in [-0.15, -0.1) is 0 Å². The number of anilines is 1. The summed E-state index contributed by atoms with van der Waals surface area (Å²) in [6.07, 6.45) is 2.10. The molecule has 0 unspecified atom stereocenters. The lowest BCUT2D eigenvalue weighted by Gasteiger charge is -2.30. The Balaban J connectivity index is 1.82. The summed E-state index contributed by atoms with van der Waals surface area (Å²) in [4.78, 5) is 14.0. The molecule has 3 rings (SSSR count). The maximum absolute atomic E-state index is 12.5. The standard InChI is InChI=1S/C19H24N2O3/c1-19(11-22,12-23)10-21(2)18(24)20-16-9-8-14-7-6-13-4-3-5-15(16)17(13)14/h3-5,8-9,22-23H,6-7,10-12H2,1-2H3,(H,20,24).